The van der Waals surface area contributed by atoms with E-state index in [1.807, 2.05) is 0 Å². The van der Waals surface area contributed by atoms with Crippen molar-refractivity contribution < 1.29 is 17.9 Å². The van der Waals surface area contributed by atoms with Gasteiger partial charge in [0.15, 0.2) is 9.84 Å². The highest BCUT2D eigenvalue weighted by atomic mass is 35.5. The van der Waals surface area contributed by atoms with Crippen LogP contribution in [0.2, 0.25) is 5.02 Å². The van der Waals surface area contributed by atoms with Crippen molar-refractivity contribution in [3.8, 4) is 5.75 Å². The van der Waals surface area contributed by atoms with Crippen molar-refractivity contribution in [1.82, 2.24) is 10.2 Å². The highest BCUT2D eigenvalue weighted by Crippen LogP contribution is 2.23. The number of nitrogens with one attached hydrogen (secondary N) is 1. The molecule has 0 saturated carbocycles. The number of carbonyl (C=O) groups excluding carboxylic acids is 1. The number of sulfone groups is 1. The van der Waals surface area contributed by atoms with Crippen molar-refractivity contribution >= 4 is 27.5 Å². The number of urea groups is 1. The van der Waals surface area contributed by atoms with Crippen LogP contribution in [-0.4, -0.2) is 51.1 Å². The summed E-state index contributed by atoms with van der Waals surface area (Å²) in [5.74, 6) is 0.600. The Hall–Kier alpha value is -1.47. The molecule has 0 aromatic heterocycles. The van der Waals surface area contributed by atoms with Crippen molar-refractivity contribution in [2.24, 2.45) is 0 Å². The van der Waals surface area contributed by atoms with E-state index in [-0.39, 0.29) is 12.6 Å². The second kappa shape index (κ2) is 6.75. The van der Waals surface area contributed by atoms with Crippen LogP contribution in [0.4, 0.5) is 4.79 Å². The summed E-state index contributed by atoms with van der Waals surface area (Å²) in [5.41, 5.74) is 0.805. The number of hydrogen-bond acceptors (Lipinski definition) is 4. The van der Waals surface area contributed by atoms with E-state index in [9.17, 15) is 13.2 Å². The van der Waals surface area contributed by atoms with E-state index in [2.05, 4.69) is 5.32 Å². The van der Waals surface area contributed by atoms with Crippen LogP contribution in [0.5, 0.6) is 5.75 Å². The Morgan fingerprint density at radius 2 is 2.23 bits per heavy atom. The Morgan fingerprint density at radius 1 is 1.50 bits per heavy atom. The van der Waals surface area contributed by atoms with Crippen molar-refractivity contribution in [2.75, 3.05) is 26.5 Å². The van der Waals surface area contributed by atoms with Gasteiger partial charge in [-0.1, -0.05) is 17.7 Å². The Bertz CT molecular complexity index is 663. The van der Waals surface area contributed by atoms with Gasteiger partial charge in [0.05, 0.1) is 12.4 Å². The molecule has 1 aromatic carbocycles. The standard InChI is InChI=1S/C14H19ClN2O4S/c1-21-13-7-11(15)4-3-10(13)8-16-14(18)17-6-5-12(9-17)22(2,19)20/h3-4,7,12H,5-6,8-9H2,1-2H3,(H,16,18). The largest absolute Gasteiger partial charge is 0.496 e. The van der Waals surface area contributed by atoms with Crippen LogP contribution in [0.3, 0.4) is 0 Å². The third-order valence-electron chi connectivity index (χ3n) is 3.72. The molecule has 1 unspecified atom stereocenters. The lowest BCUT2D eigenvalue weighted by molar-refractivity contribution is 0.208. The second-order valence-electron chi connectivity index (χ2n) is 5.30. The van der Waals surface area contributed by atoms with E-state index < -0.39 is 15.1 Å². The molecule has 0 spiro atoms. The molecular formula is C14H19ClN2O4S. The van der Waals surface area contributed by atoms with Gasteiger partial charge in [0.1, 0.15) is 5.75 Å². The van der Waals surface area contributed by atoms with Crippen LogP contribution in [-0.2, 0) is 16.4 Å². The van der Waals surface area contributed by atoms with E-state index >= 15 is 0 Å². The maximum Gasteiger partial charge on any atom is 0.317 e. The summed E-state index contributed by atoms with van der Waals surface area (Å²) in [7, 11) is -1.57. The summed E-state index contributed by atoms with van der Waals surface area (Å²) >= 11 is 5.89. The zero-order valence-corrected chi connectivity index (χ0v) is 14.1. The molecule has 0 aliphatic carbocycles. The minimum atomic E-state index is -3.11. The first-order valence-electron chi connectivity index (χ1n) is 6.85. The monoisotopic (exact) mass is 346 g/mol. The topological polar surface area (TPSA) is 75.7 Å². The predicted molar refractivity (Wildman–Crippen MR) is 85.1 cm³/mol. The number of benzene rings is 1. The fraction of sp³-hybridized carbons (Fsp3) is 0.500. The smallest absolute Gasteiger partial charge is 0.317 e. The maximum absolute atomic E-state index is 12.1. The lowest BCUT2D eigenvalue weighted by atomic mass is 10.2. The average molecular weight is 347 g/mol. The highest BCUT2D eigenvalue weighted by Gasteiger charge is 2.32. The van der Waals surface area contributed by atoms with Crippen LogP contribution in [0.15, 0.2) is 18.2 Å². The molecule has 1 atom stereocenters. The summed E-state index contributed by atoms with van der Waals surface area (Å²) in [4.78, 5) is 13.6. The van der Waals surface area contributed by atoms with Crippen LogP contribution in [0.25, 0.3) is 0 Å². The molecular weight excluding hydrogens is 328 g/mol. The van der Waals surface area contributed by atoms with Crippen molar-refractivity contribution in [3.05, 3.63) is 28.8 Å². The van der Waals surface area contributed by atoms with E-state index in [4.69, 9.17) is 16.3 Å². The third-order valence-corrected chi connectivity index (χ3v) is 5.55. The third kappa shape index (κ3) is 4.04. The van der Waals surface area contributed by atoms with Gasteiger partial charge in [0.25, 0.3) is 0 Å². The van der Waals surface area contributed by atoms with E-state index in [0.29, 0.717) is 30.3 Å². The number of halogens is 1. The molecule has 1 fully saturated rings. The fourth-order valence-electron chi connectivity index (χ4n) is 2.41. The number of carbonyl (C=O) groups is 1. The molecule has 2 rings (SSSR count). The lowest BCUT2D eigenvalue weighted by Crippen LogP contribution is -2.39. The molecule has 1 heterocycles. The first-order chi connectivity index (χ1) is 10.3. The molecule has 1 aliphatic rings. The van der Waals surface area contributed by atoms with Gasteiger partial charge in [0, 0.05) is 36.5 Å². The van der Waals surface area contributed by atoms with Gasteiger partial charge in [-0.2, -0.15) is 0 Å². The van der Waals surface area contributed by atoms with Crippen molar-refractivity contribution in [3.63, 3.8) is 0 Å². The first kappa shape index (κ1) is 16.9. The fourth-order valence-corrected chi connectivity index (χ4v) is 3.56. The van der Waals surface area contributed by atoms with E-state index in [0.717, 1.165) is 5.56 Å². The summed E-state index contributed by atoms with van der Waals surface area (Å²) in [6.07, 6.45) is 1.69. The molecule has 122 valence electrons. The molecule has 6 nitrogen and oxygen atoms in total. The van der Waals surface area contributed by atoms with Gasteiger partial charge in [-0.25, -0.2) is 13.2 Å². The SMILES string of the molecule is COc1cc(Cl)ccc1CNC(=O)N1CCC(S(C)(=O)=O)C1. The molecule has 0 radical (unpaired) electrons. The van der Waals surface area contributed by atoms with Gasteiger partial charge in [0.2, 0.25) is 0 Å². The molecule has 1 N–H and O–H groups in total. The first-order valence-corrected chi connectivity index (χ1v) is 9.18. The Balaban J connectivity index is 1.94. The molecule has 1 aliphatic heterocycles. The Labute approximate surface area is 135 Å². The Kier molecular flexibility index (Phi) is 5.18. The average Bonchev–Trinajstić information content (AvgIpc) is 2.95. The molecule has 0 bridgehead atoms. The quantitative estimate of drug-likeness (QED) is 0.900. The van der Waals surface area contributed by atoms with E-state index in [1.165, 1.54) is 18.3 Å². The van der Waals surface area contributed by atoms with Crippen LogP contribution in [0.1, 0.15) is 12.0 Å². The maximum atomic E-state index is 12.1. The summed E-state index contributed by atoms with van der Waals surface area (Å²) < 4.78 is 28.2. The van der Waals surface area contributed by atoms with E-state index in [1.54, 1.807) is 18.2 Å². The number of nitrogens with zero attached hydrogens (tertiary/aromatic N) is 1. The van der Waals surface area contributed by atoms with Gasteiger partial charge in [-0.05, 0) is 18.6 Å². The number of methoxy groups -OCH3 is 1. The van der Waals surface area contributed by atoms with Crippen molar-refractivity contribution in [1.29, 1.82) is 0 Å². The number of ether oxygens (including phenoxy) is 1. The molecule has 8 heteroatoms. The van der Waals surface area contributed by atoms with Crippen molar-refractivity contribution in [2.45, 2.75) is 18.2 Å². The minimum Gasteiger partial charge on any atom is -0.496 e. The van der Waals surface area contributed by atoms with Crippen LogP contribution >= 0.6 is 11.6 Å². The Morgan fingerprint density at radius 3 is 2.82 bits per heavy atom. The predicted octanol–water partition coefficient (Wildman–Crippen LogP) is 1.68. The molecule has 1 saturated heterocycles. The number of amides is 2. The van der Waals surface area contributed by atoms with Gasteiger partial charge in [-0.3, -0.25) is 0 Å². The normalized spacial score (nSPS) is 18.3. The lowest BCUT2D eigenvalue weighted by Gasteiger charge is -2.18. The summed E-state index contributed by atoms with van der Waals surface area (Å²) in [6.45, 7) is 0.975. The number of likely N-dealkylation sites (tertiary alicyclic amines) is 1. The summed E-state index contributed by atoms with van der Waals surface area (Å²) in [5, 5.41) is 2.86. The molecule has 1 aromatic rings. The number of rotatable bonds is 4. The van der Waals surface area contributed by atoms with Gasteiger partial charge < -0.3 is 15.0 Å². The van der Waals surface area contributed by atoms with Gasteiger partial charge >= 0.3 is 6.03 Å². The van der Waals surface area contributed by atoms with Crippen LogP contribution in [0, 0.1) is 0 Å². The number of hydrogen-bond donors (Lipinski definition) is 1. The van der Waals surface area contributed by atoms with Crippen LogP contribution < -0.4 is 10.1 Å². The van der Waals surface area contributed by atoms with Gasteiger partial charge in [-0.15, -0.1) is 0 Å². The zero-order valence-electron chi connectivity index (χ0n) is 12.5. The zero-order chi connectivity index (χ0) is 16.3. The minimum absolute atomic E-state index is 0.239. The molecule has 2 amide bonds. The highest BCUT2D eigenvalue weighted by molar-refractivity contribution is 7.91. The summed E-state index contributed by atoms with van der Waals surface area (Å²) in [6, 6.07) is 4.91. The second-order valence-corrected chi connectivity index (χ2v) is 8.06. The molecule has 22 heavy (non-hydrogen) atoms.